The van der Waals surface area contributed by atoms with Crippen molar-refractivity contribution in [1.29, 1.82) is 0 Å². The lowest BCUT2D eigenvalue weighted by Crippen LogP contribution is -2.46. The molecule has 0 radical (unpaired) electrons. The summed E-state index contributed by atoms with van der Waals surface area (Å²) in [5, 5.41) is 14.1. The van der Waals surface area contributed by atoms with Crippen LogP contribution >= 0.6 is 11.6 Å². The van der Waals surface area contributed by atoms with Gasteiger partial charge in [-0.15, -0.1) is 0 Å². The molecule has 0 aliphatic carbocycles. The van der Waals surface area contributed by atoms with Crippen LogP contribution < -0.4 is 5.32 Å². The topological polar surface area (TPSA) is 78.7 Å². The van der Waals surface area contributed by atoms with Gasteiger partial charge in [0.2, 0.25) is 5.91 Å². The van der Waals surface area contributed by atoms with Crippen molar-refractivity contribution in [3.05, 3.63) is 68.5 Å². The summed E-state index contributed by atoms with van der Waals surface area (Å²) in [6, 6.07) is 9.12. The zero-order valence-electron chi connectivity index (χ0n) is 16.7. The lowest BCUT2D eigenvalue weighted by molar-refractivity contribution is -0.384. The molecule has 0 bridgehead atoms. The fourth-order valence-corrected chi connectivity index (χ4v) is 3.63. The van der Waals surface area contributed by atoms with E-state index in [0.717, 1.165) is 31.7 Å². The summed E-state index contributed by atoms with van der Waals surface area (Å²) < 4.78 is 14.0. The van der Waals surface area contributed by atoms with E-state index in [1.807, 2.05) is 0 Å². The maximum Gasteiger partial charge on any atom is 0.271 e. The molecule has 1 saturated heterocycles. The zero-order valence-corrected chi connectivity index (χ0v) is 17.5. The second kappa shape index (κ2) is 9.97. The minimum Gasteiger partial charge on any atom is -0.326 e. The Kier molecular flexibility index (Phi) is 7.36. The van der Waals surface area contributed by atoms with Crippen molar-refractivity contribution in [2.24, 2.45) is 0 Å². The number of carbonyl (C=O) groups excluding carboxylic acids is 1. The minimum absolute atomic E-state index is 0.0537. The molecule has 160 valence electrons. The summed E-state index contributed by atoms with van der Waals surface area (Å²) in [6.45, 7) is 5.91. The van der Waals surface area contributed by atoms with Crippen molar-refractivity contribution in [3.63, 3.8) is 0 Å². The molecular weight excluding hydrogens is 411 g/mol. The van der Waals surface area contributed by atoms with Gasteiger partial charge in [-0.25, -0.2) is 4.39 Å². The Morgan fingerprint density at radius 1 is 1.20 bits per heavy atom. The van der Waals surface area contributed by atoms with Crippen molar-refractivity contribution in [2.45, 2.75) is 19.9 Å². The van der Waals surface area contributed by atoms with Crippen LogP contribution in [0.3, 0.4) is 0 Å². The summed E-state index contributed by atoms with van der Waals surface area (Å²) in [5.74, 6) is -0.475. The van der Waals surface area contributed by atoms with E-state index in [2.05, 4.69) is 15.1 Å². The number of nitrogens with zero attached hydrogens (tertiary/aromatic N) is 3. The van der Waals surface area contributed by atoms with E-state index in [1.165, 1.54) is 18.2 Å². The fourth-order valence-electron chi connectivity index (χ4n) is 3.41. The van der Waals surface area contributed by atoms with Crippen LogP contribution in [0.1, 0.15) is 17.5 Å². The highest BCUT2D eigenvalue weighted by molar-refractivity contribution is 6.31. The average Bonchev–Trinajstić information content (AvgIpc) is 2.71. The third-order valence-corrected chi connectivity index (χ3v) is 5.62. The van der Waals surface area contributed by atoms with Gasteiger partial charge < -0.3 is 10.2 Å². The zero-order chi connectivity index (χ0) is 21.7. The molecule has 1 aliphatic rings. The fraction of sp³-hybridized carbons (Fsp3) is 0.381. The van der Waals surface area contributed by atoms with E-state index < -0.39 is 4.92 Å². The summed E-state index contributed by atoms with van der Waals surface area (Å²) in [7, 11) is 0. The maximum atomic E-state index is 14.0. The molecule has 1 N–H and O–H groups in total. The standard InChI is InChI=1S/C21H24ClFN4O3/c1-15-5-6-16(27(29)30)13-20(15)24-21(28)7-8-25-9-11-26(12-10-25)14-17-18(22)3-2-4-19(17)23/h2-6,13H,7-12,14H2,1H3,(H,24,28). The number of anilines is 1. The van der Waals surface area contributed by atoms with Gasteiger partial charge in [0.15, 0.2) is 0 Å². The highest BCUT2D eigenvalue weighted by Gasteiger charge is 2.20. The van der Waals surface area contributed by atoms with E-state index in [9.17, 15) is 19.3 Å². The number of benzene rings is 2. The number of nitro benzene ring substituents is 1. The van der Waals surface area contributed by atoms with Crippen molar-refractivity contribution in [3.8, 4) is 0 Å². The molecule has 2 aromatic rings. The summed E-state index contributed by atoms with van der Waals surface area (Å²) in [4.78, 5) is 27.1. The first-order chi connectivity index (χ1) is 14.3. The first-order valence-corrected chi connectivity index (χ1v) is 10.1. The lowest BCUT2D eigenvalue weighted by atomic mass is 10.1. The highest BCUT2D eigenvalue weighted by Crippen LogP contribution is 2.23. The maximum absolute atomic E-state index is 14.0. The molecule has 0 unspecified atom stereocenters. The number of nitro groups is 1. The van der Waals surface area contributed by atoms with Crippen LogP contribution in [0, 0.1) is 22.9 Å². The molecule has 0 atom stereocenters. The average molecular weight is 435 g/mol. The number of amides is 1. The number of hydrogen-bond donors (Lipinski definition) is 1. The van der Waals surface area contributed by atoms with E-state index >= 15 is 0 Å². The highest BCUT2D eigenvalue weighted by atomic mass is 35.5. The number of piperazine rings is 1. The number of halogens is 2. The van der Waals surface area contributed by atoms with Crippen molar-refractivity contribution in [2.75, 3.05) is 38.0 Å². The quantitative estimate of drug-likeness (QED) is 0.529. The lowest BCUT2D eigenvalue weighted by Gasteiger charge is -2.34. The predicted octanol–water partition coefficient (Wildman–Crippen LogP) is 3.84. The van der Waals surface area contributed by atoms with Gasteiger partial charge in [-0.05, 0) is 24.6 Å². The predicted molar refractivity (Wildman–Crippen MR) is 114 cm³/mol. The normalized spacial score (nSPS) is 15.2. The monoisotopic (exact) mass is 434 g/mol. The number of carbonyl (C=O) groups is 1. The molecule has 7 nitrogen and oxygen atoms in total. The van der Waals surface area contributed by atoms with E-state index in [0.29, 0.717) is 35.8 Å². The second-order valence-corrected chi connectivity index (χ2v) is 7.78. The SMILES string of the molecule is Cc1ccc([N+](=O)[O-])cc1NC(=O)CCN1CCN(Cc2c(F)cccc2Cl)CC1. The van der Waals surface area contributed by atoms with Crippen LogP contribution in [-0.2, 0) is 11.3 Å². The van der Waals surface area contributed by atoms with Gasteiger partial charge in [-0.1, -0.05) is 23.7 Å². The number of rotatable bonds is 7. The van der Waals surface area contributed by atoms with Crippen LogP contribution in [0.15, 0.2) is 36.4 Å². The number of nitrogens with one attached hydrogen (secondary N) is 1. The molecule has 0 aromatic heterocycles. The second-order valence-electron chi connectivity index (χ2n) is 7.37. The third-order valence-electron chi connectivity index (χ3n) is 5.27. The van der Waals surface area contributed by atoms with Gasteiger partial charge in [-0.2, -0.15) is 0 Å². The molecule has 1 aliphatic heterocycles. The Balaban J connectivity index is 1.45. The molecule has 1 heterocycles. The largest absolute Gasteiger partial charge is 0.326 e. The van der Waals surface area contributed by atoms with Crippen LogP contribution in [0.25, 0.3) is 0 Å². The molecule has 0 spiro atoms. The van der Waals surface area contributed by atoms with E-state index in [4.69, 9.17) is 11.6 Å². The molecule has 1 amide bonds. The smallest absolute Gasteiger partial charge is 0.271 e. The van der Waals surface area contributed by atoms with Gasteiger partial charge in [0, 0.05) is 68.4 Å². The summed E-state index contributed by atoms with van der Waals surface area (Å²) in [5.41, 5.74) is 1.69. The molecule has 30 heavy (non-hydrogen) atoms. The number of aryl methyl sites for hydroxylation is 1. The Hall–Kier alpha value is -2.55. The molecule has 1 fully saturated rings. The van der Waals surface area contributed by atoms with Crippen molar-refractivity contribution in [1.82, 2.24) is 9.80 Å². The van der Waals surface area contributed by atoms with Gasteiger partial charge in [0.1, 0.15) is 5.82 Å². The summed E-state index contributed by atoms with van der Waals surface area (Å²) >= 11 is 6.11. The van der Waals surface area contributed by atoms with Crippen molar-refractivity contribution < 1.29 is 14.1 Å². The Morgan fingerprint density at radius 3 is 2.57 bits per heavy atom. The first-order valence-electron chi connectivity index (χ1n) is 9.76. The molecule has 9 heteroatoms. The van der Waals surface area contributed by atoms with Crippen LogP contribution in [0.2, 0.25) is 5.02 Å². The van der Waals surface area contributed by atoms with Gasteiger partial charge in [0.05, 0.1) is 10.6 Å². The number of hydrogen-bond acceptors (Lipinski definition) is 5. The van der Waals surface area contributed by atoms with Gasteiger partial charge >= 0.3 is 0 Å². The van der Waals surface area contributed by atoms with E-state index in [-0.39, 0.29) is 17.4 Å². The minimum atomic E-state index is -0.483. The Labute approximate surface area is 179 Å². The van der Waals surface area contributed by atoms with Crippen molar-refractivity contribution >= 4 is 28.9 Å². The third kappa shape index (κ3) is 5.75. The van der Waals surface area contributed by atoms with E-state index in [1.54, 1.807) is 25.1 Å². The Morgan fingerprint density at radius 2 is 1.90 bits per heavy atom. The first kappa shape index (κ1) is 22.1. The molecule has 0 saturated carbocycles. The Bertz CT molecular complexity index is 912. The number of non-ortho nitro benzene ring substituents is 1. The molecule has 3 rings (SSSR count). The van der Waals surface area contributed by atoms with Crippen LogP contribution in [0.4, 0.5) is 15.8 Å². The molecular formula is C21H24ClFN4O3. The van der Waals surface area contributed by atoms with Crippen LogP contribution in [0.5, 0.6) is 0 Å². The van der Waals surface area contributed by atoms with Gasteiger partial charge in [-0.3, -0.25) is 19.8 Å². The van der Waals surface area contributed by atoms with Crippen LogP contribution in [-0.4, -0.2) is 53.4 Å². The molecule has 2 aromatic carbocycles. The summed E-state index contributed by atoms with van der Waals surface area (Å²) in [6.07, 6.45) is 0.293. The van der Waals surface area contributed by atoms with Gasteiger partial charge in [0.25, 0.3) is 5.69 Å².